The number of nitrogens with one attached hydrogen (secondary N) is 1. The third kappa shape index (κ3) is 4.00. The van der Waals surface area contributed by atoms with E-state index in [-0.39, 0.29) is 22.8 Å². The van der Waals surface area contributed by atoms with Gasteiger partial charge in [0.25, 0.3) is 0 Å². The highest BCUT2D eigenvalue weighted by Crippen LogP contribution is 2.22. The summed E-state index contributed by atoms with van der Waals surface area (Å²) in [7, 11) is 0. The number of amides is 1. The van der Waals surface area contributed by atoms with Crippen LogP contribution in [0.25, 0.3) is 0 Å². The number of thiocarbonyl (C=S) groups is 1. The van der Waals surface area contributed by atoms with Gasteiger partial charge in [0.1, 0.15) is 5.82 Å². The molecule has 0 aliphatic rings. The first-order chi connectivity index (χ1) is 9.29. The number of halogens is 1. The van der Waals surface area contributed by atoms with E-state index >= 15 is 0 Å². The number of benzene rings is 1. The highest BCUT2D eigenvalue weighted by molar-refractivity contribution is 7.80. The maximum atomic E-state index is 12.8. The van der Waals surface area contributed by atoms with Crippen LogP contribution in [0.15, 0.2) is 24.3 Å². The summed E-state index contributed by atoms with van der Waals surface area (Å²) in [5.74, 6) is -0.431. The summed E-state index contributed by atoms with van der Waals surface area (Å²) in [4.78, 5) is 12.5. The molecule has 1 rings (SSSR count). The molecule has 0 heterocycles. The van der Waals surface area contributed by atoms with Crippen molar-refractivity contribution >= 4 is 23.1 Å². The second-order valence-electron chi connectivity index (χ2n) is 5.26. The lowest BCUT2D eigenvalue weighted by molar-refractivity contribution is -0.127. The smallest absolute Gasteiger partial charge is 0.232 e. The van der Waals surface area contributed by atoms with Gasteiger partial charge in [0, 0.05) is 6.04 Å². The average Bonchev–Trinajstić information content (AvgIpc) is 2.39. The van der Waals surface area contributed by atoms with Crippen LogP contribution in [0.3, 0.4) is 0 Å². The summed E-state index contributed by atoms with van der Waals surface area (Å²) in [6, 6.07) is 6.17. The SMILES string of the molecule is CCC(C)(C(=O)NC(C)Cc1ccc(F)cc1)C(N)=S. The number of hydrogen-bond donors (Lipinski definition) is 2. The molecule has 0 aromatic heterocycles. The van der Waals surface area contributed by atoms with Gasteiger partial charge in [0.15, 0.2) is 0 Å². The van der Waals surface area contributed by atoms with Gasteiger partial charge < -0.3 is 11.1 Å². The van der Waals surface area contributed by atoms with Gasteiger partial charge in [0.2, 0.25) is 5.91 Å². The summed E-state index contributed by atoms with van der Waals surface area (Å²) in [6.07, 6.45) is 1.18. The van der Waals surface area contributed by atoms with Crippen LogP contribution in [0.5, 0.6) is 0 Å². The lowest BCUT2D eigenvalue weighted by atomic mass is 9.86. The molecule has 2 unspecified atom stereocenters. The maximum absolute atomic E-state index is 12.8. The van der Waals surface area contributed by atoms with Gasteiger partial charge in [-0.05, 0) is 44.4 Å². The number of hydrogen-bond acceptors (Lipinski definition) is 2. The Balaban J connectivity index is 2.66. The topological polar surface area (TPSA) is 55.1 Å². The summed E-state index contributed by atoms with van der Waals surface area (Å²) < 4.78 is 12.8. The molecule has 0 aliphatic carbocycles. The van der Waals surface area contributed by atoms with Crippen molar-refractivity contribution in [2.45, 2.75) is 39.7 Å². The first-order valence-corrected chi connectivity index (χ1v) is 7.05. The summed E-state index contributed by atoms with van der Waals surface area (Å²) in [5, 5.41) is 2.92. The van der Waals surface area contributed by atoms with Crippen molar-refractivity contribution in [3.63, 3.8) is 0 Å². The van der Waals surface area contributed by atoms with Crippen LogP contribution >= 0.6 is 12.2 Å². The van der Waals surface area contributed by atoms with Gasteiger partial charge in [-0.25, -0.2) is 4.39 Å². The van der Waals surface area contributed by atoms with Gasteiger partial charge in [0.05, 0.1) is 10.4 Å². The number of nitrogens with two attached hydrogens (primary N) is 1. The lowest BCUT2D eigenvalue weighted by Crippen LogP contribution is -2.49. The monoisotopic (exact) mass is 296 g/mol. The van der Waals surface area contributed by atoms with Gasteiger partial charge in [-0.1, -0.05) is 31.3 Å². The molecule has 0 saturated carbocycles. The normalized spacial score (nSPS) is 15.2. The lowest BCUT2D eigenvalue weighted by Gasteiger charge is -2.27. The van der Waals surface area contributed by atoms with Crippen LogP contribution in [0.4, 0.5) is 4.39 Å². The molecule has 0 fully saturated rings. The second-order valence-corrected chi connectivity index (χ2v) is 5.69. The minimum absolute atomic E-state index is 0.0758. The number of rotatable bonds is 6. The van der Waals surface area contributed by atoms with Crippen LogP contribution in [-0.2, 0) is 11.2 Å². The molecule has 3 N–H and O–H groups in total. The highest BCUT2D eigenvalue weighted by Gasteiger charge is 2.35. The summed E-state index contributed by atoms with van der Waals surface area (Å²) >= 11 is 4.98. The molecule has 0 saturated heterocycles. The van der Waals surface area contributed by atoms with Gasteiger partial charge in [-0.3, -0.25) is 4.79 Å². The first kappa shape index (κ1) is 16.6. The van der Waals surface area contributed by atoms with Crippen molar-refractivity contribution < 1.29 is 9.18 Å². The molecule has 0 radical (unpaired) electrons. The van der Waals surface area contributed by atoms with E-state index in [1.54, 1.807) is 19.1 Å². The largest absolute Gasteiger partial charge is 0.392 e. The Labute approximate surface area is 124 Å². The molecule has 1 amide bonds. The molecule has 2 atom stereocenters. The Morgan fingerprint density at radius 2 is 2.00 bits per heavy atom. The van der Waals surface area contributed by atoms with E-state index in [4.69, 9.17) is 18.0 Å². The third-order valence-electron chi connectivity index (χ3n) is 3.58. The predicted octanol–water partition coefficient (Wildman–Crippen LogP) is 2.58. The Bertz CT molecular complexity index is 489. The molecule has 0 aliphatic heterocycles. The van der Waals surface area contributed by atoms with E-state index in [1.807, 2.05) is 13.8 Å². The van der Waals surface area contributed by atoms with E-state index < -0.39 is 5.41 Å². The van der Waals surface area contributed by atoms with Crippen molar-refractivity contribution in [1.82, 2.24) is 5.32 Å². The van der Waals surface area contributed by atoms with Crippen molar-refractivity contribution in [2.75, 3.05) is 0 Å². The van der Waals surface area contributed by atoms with Crippen LogP contribution in [0, 0.1) is 11.2 Å². The van der Waals surface area contributed by atoms with Crippen LogP contribution < -0.4 is 11.1 Å². The molecular formula is C15H21FN2OS. The highest BCUT2D eigenvalue weighted by atomic mass is 32.1. The zero-order valence-corrected chi connectivity index (χ0v) is 12.9. The summed E-state index contributed by atoms with van der Waals surface area (Å²) in [5.41, 5.74) is 5.79. The fourth-order valence-corrected chi connectivity index (χ4v) is 2.09. The predicted molar refractivity (Wildman–Crippen MR) is 82.9 cm³/mol. The van der Waals surface area contributed by atoms with E-state index in [0.717, 1.165) is 5.56 Å². The van der Waals surface area contributed by atoms with Crippen LogP contribution in [0.1, 0.15) is 32.8 Å². The number of carbonyl (C=O) groups is 1. The Morgan fingerprint density at radius 3 is 2.45 bits per heavy atom. The molecule has 0 bridgehead atoms. The molecule has 1 aromatic rings. The van der Waals surface area contributed by atoms with Crippen LogP contribution in [0.2, 0.25) is 0 Å². The molecule has 3 nitrogen and oxygen atoms in total. The average molecular weight is 296 g/mol. The quantitative estimate of drug-likeness (QED) is 0.793. The summed E-state index contributed by atoms with van der Waals surface area (Å²) in [6.45, 7) is 5.52. The standard InChI is InChI=1S/C15H21FN2OS/c1-4-15(3,13(17)20)14(19)18-10(2)9-11-5-7-12(16)8-6-11/h5-8,10H,4,9H2,1-3H3,(H2,17,20)(H,18,19). The Hall–Kier alpha value is -1.49. The van der Waals surface area contributed by atoms with Crippen molar-refractivity contribution in [2.24, 2.45) is 11.1 Å². The number of carbonyl (C=O) groups excluding carboxylic acids is 1. The molecule has 20 heavy (non-hydrogen) atoms. The Morgan fingerprint density at radius 1 is 1.45 bits per heavy atom. The van der Waals surface area contributed by atoms with Gasteiger partial charge in [-0.15, -0.1) is 0 Å². The van der Waals surface area contributed by atoms with Crippen molar-refractivity contribution in [3.05, 3.63) is 35.6 Å². The fraction of sp³-hybridized carbons (Fsp3) is 0.467. The zero-order valence-electron chi connectivity index (χ0n) is 12.1. The fourth-order valence-electron chi connectivity index (χ4n) is 1.85. The Kier molecular flexibility index (Phi) is 5.62. The molecule has 5 heteroatoms. The molecule has 110 valence electrons. The van der Waals surface area contributed by atoms with Crippen molar-refractivity contribution in [1.29, 1.82) is 0 Å². The molecular weight excluding hydrogens is 275 g/mol. The van der Waals surface area contributed by atoms with Crippen molar-refractivity contribution in [3.8, 4) is 0 Å². The van der Waals surface area contributed by atoms with Gasteiger partial charge in [-0.2, -0.15) is 0 Å². The van der Waals surface area contributed by atoms with E-state index in [9.17, 15) is 9.18 Å². The maximum Gasteiger partial charge on any atom is 0.232 e. The van der Waals surface area contributed by atoms with Crippen LogP contribution in [-0.4, -0.2) is 16.9 Å². The van der Waals surface area contributed by atoms with Gasteiger partial charge >= 0.3 is 0 Å². The molecule has 0 spiro atoms. The first-order valence-electron chi connectivity index (χ1n) is 6.65. The third-order valence-corrected chi connectivity index (χ3v) is 4.04. The van der Waals surface area contributed by atoms with E-state index in [0.29, 0.717) is 12.8 Å². The van der Waals surface area contributed by atoms with E-state index in [1.165, 1.54) is 12.1 Å². The second kappa shape index (κ2) is 6.79. The van der Waals surface area contributed by atoms with E-state index in [2.05, 4.69) is 5.32 Å². The molecule has 1 aromatic carbocycles. The zero-order chi connectivity index (χ0) is 15.3. The minimum Gasteiger partial charge on any atom is -0.392 e. The minimum atomic E-state index is -0.827.